The van der Waals surface area contributed by atoms with Crippen molar-refractivity contribution >= 4 is 41.7 Å². The van der Waals surface area contributed by atoms with Crippen LogP contribution < -0.4 is 11.1 Å². The number of phenols is 1. The zero-order valence-corrected chi connectivity index (χ0v) is 16.0. The van der Waals surface area contributed by atoms with Gasteiger partial charge >= 0.3 is 0 Å². The molecule has 0 aliphatic rings. The highest BCUT2D eigenvalue weighted by Crippen LogP contribution is 2.23. The van der Waals surface area contributed by atoms with Crippen LogP contribution >= 0.6 is 24.0 Å². The number of nitrogens with one attached hydrogen (secondary N) is 1. The molecule has 1 aromatic heterocycles. The van der Waals surface area contributed by atoms with Crippen LogP contribution in [0, 0.1) is 0 Å². The summed E-state index contributed by atoms with van der Waals surface area (Å²) in [7, 11) is 1.90. The van der Waals surface area contributed by atoms with Crippen molar-refractivity contribution in [3.05, 3.63) is 71.3 Å². The SMILES string of the molecule is Cl.Cn1cnc(-c2ccc(NC(=O)/C(N)=C/c3cc(O)ccc3Cl)cc2)c1. The van der Waals surface area contributed by atoms with Crippen LogP contribution in [-0.2, 0) is 11.8 Å². The molecule has 0 bridgehead atoms. The molecular formula is C19H18Cl2N4O2. The Bertz CT molecular complexity index is 982. The minimum atomic E-state index is -0.463. The van der Waals surface area contributed by atoms with E-state index in [1.807, 2.05) is 29.9 Å². The van der Waals surface area contributed by atoms with E-state index in [4.69, 9.17) is 17.3 Å². The highest BCUT2D eigenvalue weighted by molar-refractivity contribution is 6.32. The summed E-state index contributed by atoms with van der Waals surface area (Å²) >= 11 is 6.03. The number of hydrogen-bond acceptors (Lipinski definition) is 4. The normalized spacial score (nSPS) is 11.0. The number of benzene rings is 2. The maximum absolute atomic E-state index is 12.2. The largest absolute Gasteiger partial charge is 0.508 e. The lowest BCUT2D eigenvalue weighted by molar-refractivity contribution is -0.112. The Morgan fingerprint density at radius 2 is 1.96 bits per heavy atom. The number of aryl methyl sites for hydroxylation is 1. The summed E-state index contributed by atoms with van der Waals surface area (Å²) in [6.45, 7) is 0. The molecule has 0 fully saturated rings. The van der Waals surface area contributed by atoms with Crippen molar-refractivity contribution in [2.45, 2.75) is 0 Å². The number of imidazole rings is 1. The van der Waals surface area contributed by atoms with Crippen molar-refractivity contribution in [2.24, 2.45) is 12.8 Å². The first-order valence-corrected chi connectivity index (χ1v) is 8.15. The molecule has 3 rings (SSSR count). The van der Waals surface area contributed by atoms with Crippen LogP contribution in [0.1, 0.15) is 5.56 Å². The van der Waals surface area contributed by atoms with E-state index in [1.165, 1.54) is 24.3 Å². The number of amides is 1. The van der Waals surface area contributed by atoms with Gasteiger partial charge in [-0.05, 0) is 42.0 Å². The predicted molar refractivity (Wildman–Crippen MR) is 110 cm³/mol. The van der Waals surface area contributed by atoms with Gasteiger partial charge < -0.3 is 20.7 Å². The number of hydrogen-bond donors (Lipinski definition) is 3. The third kappa shape index (κ3) is 5.03. The topological polar surface area (TPSA) is 93.2 Å². The number of carbonyl (C=O) groups excluding carboxylic acids is 1. The first kappa shape index (κ1) is 20.4. The molecule has 4 N–H and O–H groups in total. The third-order valence-electron chi connectivity index (χ3n) is 3.70. The number of phenolic OH excluding ortho intramolecular Hbond substituents is 1. The molecule has 0 aliphatic heterocycles. The fourth-order valence-corrected chi connectivity index (χ4v) is 2.54. The Labute approximate surface area is 167 Å². The Morgan fingerprint density at radius 3 is 2.59 bits per heavy atom. The minimum Gasteiger partial charge on any atom is -0.508 e. The smallest absolute Gasteiger partial charge is 0.271 e. The molecule has 0 saturated heterocycles. The van der Waals surface area contributed by atoms with Crippen molar-refractivity contribution < 1.29 is 9.90 Å². The number of nitrogens with zero attached hydrogens (tertiary/aromatic N) is 2. The minimum absolute atomic E-state index is 0. The summed E-state index contributed by atoms with van der Waals surface area (Å²) in [5, 5.41) is 12.6. The van der Waals surface area contributed by atoms with E-state index in [0.717, 1.165) is 11.3 Å². The summed E-state index contributed by atoms with van der Waals surface area (Å²) in [5.41, 5.74) is 8.67. The van der Waals surface area contributed by atoms with Gasteiger partial charge in [0.1, 0.15) is 5.75 Å². The van der Waals surface area contributed by atoms with Crippen molar-refractivity contribution in [1.82, 2.24) is 9.55 Å². The third-order valence-corrected chi connectivity index (χ3v) is 4.04. The van der Waals surface area contributed by atoms with Crippen LogP contribution in [0.25, 0.3) is 17.3 Å². The summed E-state index contributed by atoms with van der Waals surface area (Å²) in [5.74, 6) is -0.422. The van der Waals surface area contributed by atoms with Gasteiger partial charge in [-0.3, -0.25) is 4.79 Å². The molecule has 1 heterocycles. The summed E-state index contributed by atoms with van der Waals surface area (Å²) in [6, 6.07) is 11.7. The summed E-state index contributed by atoms with van der Waals surface area (Å²) in [6.07, 6.45) is 5.05. The molecule has 2 aromatic carbocycles. The van der Waals surface area contributed by atoms with Gasteiger partial charge in [0.15, 0.2) is 0 Å². The quantitative estimate of drug-likeness (QED) is 0.576. The monoisotopic (exact) mass is 404 g/mol. The second-order valence-electron chi connectivity index (χ2n) is 5.76. The zero-order chi connectivity index (χ0) is 18.7. The van der Waals surface area contributed by atoms with Gasteiger partial charge in [-0.1, -0.05) is 23.7 Å². The number of aromatic hydroxyl groups is 1. The number of nitrogens with two attached hydrogens (primary N) is 1. The Balaban J connectivity index is 0.00000261. The molecule has 27 heavy (non-hydrogen) atoms. The lowest BCUT2D eigenvalue weighted by Crippen LogP contribution is -2.19. The Morgan fingerprint density at radius 1 is 1.26 bits per heavy atom. The van der Waals surface area contributed by atoms with E-state index >= 15 is 0 Å². The van der Waals surface area contributed by atoms with Crippen LogP contribution in [0.5, 0.6) is 5.75 Å². The van der Waals surface area contributed by atoms with Gasteiger partial charge in [0.05, 0.1) is 17.7 Å². The van der Waals surface area contributed by atoms with Crippen LogP contribution in [0.4, 0.5) is 5.69 Å². The average molecular weight is 405 g/mol. The van der Waals surface area contributed by atoms with Crippen LogP contribution in [0.15, 0.2) is 60.7 Å². The van der Waals surface area contributed by atoms with Gasteiger partial charge in [0, 0.05) is 29.5 Å². The van der Waals surface area contributed by atoms with E-state index < -0.39 is 5.91 Å². The molecule has 0 saturated carbocycles. The number of aromatic nitrogens is 2. The van der Waals surface area contributed by atoms with Crippen molar-refractivity contribution in [3.8, 4) is 17.0 Å². The maximum Gasteiger partial charge on any atom is 0.271 e. The van der Waals surface area contributed by atoms with Crippen molar-refractivity contribution in [2.75, 3.05) is 5.32 Å². The second kappa shape index (κ2) is 8.62. The number of anilines is 1. The summed E-state index contributed by atoms with van der Waals surface area (Å²) < 4.78 is 1.86. The van der Waals surface area contributed by atoms with E-state index in [9.17, 15) is 9.90 Å². The Kier molecular flexibility index (Phi) is 6.50. The number of halogens is 2. The molecule has 6 nitrogen and oxygen atoms in total. The van der Waals surface area contributed by atoms with E-state index in [1.54, 1.807) is 18.5 Å². The first-order valence-electron chi connectivity index (χ1n) is 7.78. The van der Waals surface area contributed by atoms with Crippen molar-refractivity contribution in [3.63, 3.8) is 0 Å². The molecular weight excluding hydrogens is 387 g/mol. The van der Waals surface area contributed by atoms with Crippen molar-refractivity contribution in [1.29, 1.82) is 0 Å². The van der Waals surface area contributed by atoms with Gasteiger partial charge in [-0.15, -0.1) is 12.4 Å². The van der Waals surface area contributed by atoms with Gasteiger partial charge in [-0.25, -0.2) is 4.98 Å². The molecule has 3 aromatic rings. The average Bonchev–Trinajstić information content (AvgIpc) is 3.05. The van der Waals surface area contributed by atoms with E-state index in [-0.39, 0.29) is 23.9 Å². The fraction of sp³-hybridized carbons (Fsp3) is 0.0526. The van der Waals surface area contributed by atoms with Crippen LogP contribution in [0.3, 0.4) is 0 Å². The van der Waals surface area contributed by atoms with Crippen LogP contribution in [-0.4, -0.2) is 20.6 Å². The highest BCUT2D eigenvalue weighted by Gasteiger charge is 2.09. The maximum atomic E-state index is 12.2. The molecule has 0 spiro atoms. The molecule has 1 amide bonds. The molecule has 0 aliphatic carbocycles. The lowest BCUT2D eigenvalue weighted by Gasteiger charge is -2.07. The molecule has 0 radical (unpaired) electrons. The summed E-state index contributed by atoms with van der Waals surface area (Å²) in [4.78, 5) is 16.5. The number of rotatable bonds is 4. The lowest BCUT2D eigenvalue weighted by atomic mass is 10.1. The first-order chi connectivity index (χ1) is 12.4. The Hall–Kier alpha value is -2.96. The molecule has 8 heteroatoms. The standard InChI is InChI=1S/C19H17ClN4O2.ClH/c1-24-10-18(22-11-24)12-2-4-14(5-3-12)23-19(26)17(21)9-13-8-15(25)6-7-16(13)20;/h2-11,25H,21H2,1H3,(H,23,26);1H/b17-9-;. The molecule has 0 atom stereocenters. The van der Waals surface area contributed by atoms with E-state index in [0.29, 0.717) is 16.3 Å². The van der Waals surface area contributed by atoms with Gasteiger partial charge in [0.25, 0.3) is 5.91 Å². The van der Waals surface area contributed by atoms with Gasteiger partial charge in [0.2, 0.25) is 0 Å². The predicted octanol–water partition coefficient (Wildman–Crippen LogP) is 3.81. The zero-order valence-electron chi connectivity index (χ0n) is 14.4. The molecule has 0 unspecified atom stereocenters. The molecule has 140 valence electrons. The van der Waals surface area contributed by atoms with Crippen LogP contribution in [0.2, 0.25) is 5.02 Å². The number of carbonyl (C=O) groups is 1. The van der Waals surface area contributed by atoms with E-state index in [2.05, 4.69) is 10.3 Å². The highest BCUT2D eigenvalue weighted by atomic mass is 35.5. The van der Waals surface area contributed by atoms with Gasteiger partial charge in [-0.2, -0.15) is 0 Å². The second-order valence-corrected chi connectivity index (χ2v) is 6.17. The fourth-order valence-electron chi connectivity index (χ4n) is 2.36.